The molecule has 1 unspecified atom stereocenters. The van der Waals surface area contributed by atoms with Gasteiger partial charge >= 0.3 is 0 Å². The van der Waals surface area contributed by atoms with Crippen LogP contribution in [0.3, 0.4) is 0 Å². The van der Waals surface area contributed by atoms with Gasteiger partial charge in [0.25, 0.3) is 0 Å². The highest BCUT2D eigenvalue weighted by molar-refractivity contribution is 4.93. The van der Waals surface area contributed by atoms with Gasteiger partial charge in [0, 0.05) is 6.42 Å². The van der Waals surface area contributed by atoms with Gasteiger partial charge in [0.1, 0.15) is 31.0 Å². The summed E-state index contributed by atoms with van der Waals surface area (Å²) in [5.74, 6) is -3.58. The lowest BCUT2D eigenvalue weighted by Gasteiger charge is -2.44. The van der Waals surface area contributed by atoms with Crippen LogP contribution in [0, 0.1) is 0 Å². The minimum atomic E-state index is -1.89. The van der Waals surface area contributed by atoms with E-state index < -0.39 is 48.7 Å². The van der Waals surface area contributed by atoms with Gasteiger partial charge in [-0.2, -0.15) is 0 Å². The van der Waals surface area contributed by atoms with Crippen LogP contribution in [0.5, 0.6) is 0 Å². The van der Waals surface area contributed by atoms with Crippen molar-refractivity contribution in [3.05, 3.63) is 0 Å². The van der Waals surface area contributed by atoms with Gasteiger partial charge in [-0.1, -0.05) is 0 Å². The van der Waals surface area contributed by atoms with Crippen molar-refractivity contribution in [2.75, 3.05) is 19.8 Å². The van der Waals surface area contributed by atoms with E-state index in [0.717, 1.165) is 0 Å². The Morgan fingerprint density at radius 2 is 1.90 bits per heavy atom. The van der Waals surface area contributed by atoms with Crippen LogP contribution in [0.1, 0.15) is 13.3 Å². The molecule has 124 valence electrons. The number of hydrogen-bond acceptors (Lipinski definition) is 9. The Bertz CT molecular complexity index is 363. The van der Waals surface area contributed by atoms with Crippen molar-refractivity contribution in [2.45, 2.75) is 55.4 Å². The van der Waals surface area contributed by atoms with E-state index in [9.17, 15) is 30.6 Å². The molecule has 2 aliphatic heterocycles. The van der Waals surface area contributed by atoms with Gasteiger partial charge in [-0.05, 0) is 6.92 Å². The van der Waals surface area contributed by atoms with Crippen molar-refractivity contribution in [1.82, 2.24) is 0 Å². The van der Waals surface area contributed by atoms with E-state index in [4.69, 9.17) is 14.2 Å². The molecule has 0 saturated carbocycles. The third-order valence-electron chi connectivity index (χ3n) is 3.91. The van der Waals surface area contributed by atoms with Crippen molar-refractivity contribution in [1.29, 1.82) is 0 Å². The quantitative estimate of drug-likeness (QED) is 0.313. The standard InChI is InChI=1S/C12H22O9/c1-11(18)8(15)2-6(21-11)3-19-12(5-13)10(17)9(16)7(14)4-20-12/h6-10,13-18H,2-5H2,1H3/t6-,7+,8+,9+,10+,11?,12+/m0/s1. The van der Waals surface area contributed by atoms with Gasteiger partial charge in [-0.15, -0.1) is 0 Å². The topological polar surface area (TPSA) is 149 Å². The third kappa shape index (κ3) is 3.21. The van der Waals surface area contributed by atoms with Gasteiger partial charge in [0.05, 0.1) is 19.3 Å². The smallest absolute Gasteiger partial charge is 0.221 e. The molecule has 0 aliphatic carbocycles. The lowest BCUT2D eigenvalue weighted by atomic mass is 9.97. The normalized spacial score (nSPS) is 51.3. The van der Waals surface area contributed by atoms with Gasteiger partial charge in [-0.25, -0.2) is 0 Å². The van der Waals surface area contributed by atoms with Gasteiger partial charge in [-0.3, -0.25) is 0 Å². The molecule has 0 aromatic carbocycles. The molecule has 21 heavy (non-hydrogen) atoms. The maximum Gasteiger partial charge on any atom is 0.221 e. The molecule has 2 saturated heterocycles. The van der Waals surface area contributed by atoms with Gasteiger partial charge < -0.3 is 44.8 Å². The zero-order chi connectivity index (χ0) is 15.8. The summed E-state index contributed by atoms with van der Waals surface area (Å²) in [6.07, 6.45) is -6.11. The van der Waals surface area contributed by atoms with E-state index in [0.29, 0.717) is 0 Å². The highest BCUT2D eigenvalue weighted by Crippen LogP contribution is 2.31. The molecule has 0 radical (unpaired) electrons. The Morgan fingerprint density at radius 3 is 2.43 bits per heavy atom. The number of rotatable bonds is 4. The Balaban J connectivity index is 1.97. The van der Waals surface area contributed by atoms with Crippen LogP contribution >= 0.6 is 0 Å². The molecule has 2 heterocycles. The van der Waals surface area contributed by atoms with E-state index in [-0.39, 0.29) is 19.6 Å². The summed E-state index contributed by atoms with van der Waals surface area (Å²) in [4.78, 5) is 0. The summed E-state index contributed by atoms with van der Waals surface area (Å²) in [5.41, 5.74) is 0. The van der Waals surface area contributed by atoms with Gasteiger partial charge in [0.15, 0.2) is 5.79 Å². The van der Waals surface area contributed by atoms with E-state index in [1.54, 1.807) is 0 Å². The van der Waals surface area contributed by atoms with E-state index >= 15 is 0 Å². The van der Waals surface area contributed by atoms with Crippen LogP contribution in [-0.2, 0) is 14.2 Å². The molecule has 2 rings (SSSR count). The number of aliphatic hydroxyl groups excluding tert-OH is 5. The first-order valence-electron chi connectivity index (χ1n) is 6.73. The molecule has 0 aromatic rings. The first-order chi connectivity index (χ1) is 9.72. The average molecular weight is 310 g/mol. The monoisotopic (exact) mass is 310 g/mol. The molecule has 2 aliphatic rings. The average Bonchev–Trinajstić information content (AvgIpc) is 2.70. The molecule has 0 bridgehead atoms. The summed E-state index contributed by atoms with van der Waals surface area (Å²) in [6.45, 7) is 0.0630. The zero-order valence-electron chi connectivity index (χ0n) is 11.6. The molecule has 2 fully saturated rings. The largest absolute Gasteiger partial charge is 0.391 e. The molecule has 9 heteroatoms. The minimum absolute atomic E-state index is 0.107. The fourth-order valence-corrected chi connectivity index (χ4v) is 2.46. The van der Waals surface area contributed by atoms with Crippen LogP contribution < -0.4 is 0 Å². The number of aliphatic hydroxyl groups is 6. The second kappa shape index (κ2) is 6.03. The lowest BCUT2D eigenvalue weighted by molar-refractivity contribution is -0.354. The predicted molar refractivity (Wildman–Crippen MR) is 65.9 cm³/mol. The molecule has 7 atom stereocenters. The molecular formula is C12H22O9. The maximum absolute atomic E-state index is 9.93. The summed E-state index contributed by atoms with van der Waals surface area (Å²) in [7, 11) is 0. The van der Waals surface area contributed by atoms with Gasteiger partial charge in [0.2, 0.25) is 5.79 Å². The van der Waals surface area contributed by atoms with E-state index in [1.165, 1.54) is 6.92 Å². The Labute approximate surface area is 121 Å². The minimum Gasteiger partial charge on any atom is -0.391 e. The van der Waals surface area contributed by atoms with Crippen LogP contribution in [0.15, 0.2) is 0 Å². The first-order valence-corrected chi connectivity index (χ1v) is 6.73. The van der Waals surface area contributed by atoms with Crippen molar-refractivity contribution in [2.24, 2.45) is 0 Å². The fraction of sp³-hybridized carbons (Fsp3) is 1.00. The lowest BCUT2D eigenvalue weighted by Crippen LogP contribution is -2.64. The summed E-state index contributed by atoms with van der Waals surface area (Å²) in [5, 5.41) is 57.6. The van der Waals surface area contributed by atoms with Crippen LogP contribution in [0.4, 0.5) is 0 Å². The van der Waals surface area contributed by atoms with Crippen LogP contribution in [0.25, 0.3) is 0 Å². The molecular weight excluding hydrogens is 288 g/mol. The Kier molecular flexibility index (Phi) is 4.88. The Morgan fingerprint density at radius 1 is 1.24 bits per heavy atom. The number of ether oxygens (including phenoxy) is 3. The highest BCUT2D eigenvalue weighted by Gasteiger charge is 2.51. The third-order valence-corrected chi connectivity index (χ3v) is 3.91. The second-order valence-electron chi connectivity index (χ2n) is 5.64. The van der Waals surface area contributed by atoms with E-state index in [2.05, 4.69) is 0 Å². The summed E-state index contributed by atoms with van der Waals surface area (Å²) < 4.78 is 15.6. The SMILES string of the molecule is CC1(O)O[C@H](CO[C@]2(CO)OC[C@@H](O)[C@@H](O)[C@H]2O)C[C@H]1O. The fourth-order valence-electron chi connectivity index (χ4n) is 2.46. The molecule has 9 nitrogen and oxygen atoms in total. The number of hydrogen-bond donors (Lipinski definition) is 6. The van der Waals surface area contributed by atoms with Crippen molar-refractivity contribution in [3.63, 3.8) is 0 Å². The molecule has 0 spiro atoms. The molecule has 6 N–H and O–H groups in total. The van der Waals surface area contributed by atoms with Crippen molar-refractivity contribution >= 4 is 0 Å². The summed E-state index contributed by atoms with van der Waals surface area (Å²) in [6, 6.07) is 0. The Hall–Kier alpha value is -0.360. The van der Waals surface area contributed by atoms with Crippen LogP contribution in [-0.4, -0.2) is 92.6 Å². The zero-order valence-corrected chi connectivity index (χ0v) is 11.6. The highest BCUT2D eigenvalue weighted by atomic mass is 16.7. The maximum atomic E-state index is 9.93. The molecule has 0 amide bonds. The first kappa shape index (κ1) is 17.0. The predicted octanol–water partition coefficient (Wildman–Crippen LogP) is -3.34. The second-order valence-corrected chi connectivity index (χ2v) is 5.64. The van der Waals surface area contributed by atoms with Crippen molar-refractivity contribution in [3.8, 4) is 0 Å². The summed E-state index contributed by atoms with van der Waals surface area (Å²) >= 11 is 0. The van der Waals surface area contributed by atoms with E-state index in [1.807, 2.05) is 0 Å². The van der Waals surface area contributed by atoms with Crippen molar-refractivity contribution < 1.29 is 44.8 Å². The van der Waals surface area contributed by atoms with Crippen LogP contribution in [0.2, 0.25) is 0 Å². The molecule has 0 aromatic heterocycles.